The van der Waals surface area contributed by atoms with E-state index in [4.69, 9.17) is 0 Å². The molecule has 0 bridgehead atoms. The first-order valence-electron chi connectivity index (χ1n) is 10.7. The van der Waals surface area contributed by atoms with Crippen LogP contribution in [0.1, 0.15) is 33.4 Å². The Kier molecular flexibility index (Phi) is 5.48. The van der Waals surface area contributed by atoms with Gasteiger partial charge in [-0.05, 0) is 25.0 Å². The molecule has 160 valence electrons. The molecule has 0 amide bonds. The molecule has 0 radical (unpaired) electrons. The van der Waals surface area contributed by atoms with Gasteiger partial charge in [0.25, 0.3) is 0 Å². The molecule has 0 spiro atoms. The van der Waals surface area contributed by atoms with Crippen LogP contribution in [-0.2, 0) is 6.54 Å². The molecule has 4 aromatic rings. The summed E-state index contributed by atoms with van der Waals surface area (Å²) in [6, 6.07) is 19.2. The minimum Gasteiger partial charge on any atom is -0.492 e. The van der Waals surface area contributed by atoms with Gasteiger partial charge in [0.05, 0.1) is 10.9 Å². The fourth-order valence-corrected chi connectivity index (χ4v) is 5.58. The fourth-order valence-electron chi connectivity index (χ4n) is 4.42. The molecule has 0 unspecified atom stereocenters. The number of piperazine rings is 1. The van der Waals surface area contributed by atoms with E-state index < -0.39 is 0 Å². The van der Waals surface area contributed by atoms with Gasteiger partial charge < -0.3 is 5.11 Å². The number of hydrogen-bond acceptors (Lipinski definition) is 6. The zero-order valence-electron chi connectivity index (χ0n) is 17.9. The number of nitrogens with zero attached hydrogens (tertiary/aromatic N) is 5. The molecule has 1 N–H and O–H groups in total. The highest BCUT2D eigenvalue weighted by molar-refractivity contribution is 7.17. The predicted molar refractivity (Wildman–Crippen MR) is 124 cm³/mol. The van der Waals surface area contributed by atoms with Crippen molar-refractivity contribution in [2.24, 2.45) is 0 Å². The zero-order chi connectivity index (χ0) is 21.4. The van der Waals surface area contributed by atoms with E-state index in [9.17, 15) is 5.11 Å². The molecule has 1 atom stereocenters. The van der Waals surface area contributed by atoms with Gasteiger partial charge in [0.1, 0.15) is 5.82 Å². The summed E-state index contributed by atoms with van der Waals surface area (Å²) >= 11 is 1.53. The lowest BCUT2D eigenvalue weighted by atomic mass is 10.0. The van der Waals surface area contributed by atoms with E-state index in [0.717, 1.165) is 42.6 Å². The first-order chi connectivity index (χ1) is 15.1. The van der Waals surface area contributed by atoms with Crippen molar-refractivity contribution in [2.45, 2.75) is 26.4 Å². The third-order valence-electron chi connectivity index (χ3n) is 5.93. The lowest BCUT2D eigenvalue weighted by molar-refractivity contribution is 0.105. The number of hydrogen-bond donors (Lipinski definition) is 1. The van der Waals surface area contributed by atoms with E-state index >= 15 is 0 Å². The molecule has 1 fully saturated rings. The van der Waals surface area contributed by atoms with E-state index in [-0.39, 0.29) is 11.9 Å². The zero-order valence-corrected chi connectivity index (χ0v) is 18.7. The largest absolute Gasteiger partial charge is 0.492 e. The lowest BCUT2D eigenvalue weighted by Crippen LogP contribution is -2.47. The van der Waals surface area contributed by atoms with Gasteiger partial charge in [0.15, 0.2) is 0 Å². The highest BCUT2D eigenvalue weighted by Gasteiger charge is 2.31. The second-order valence-corrected chi connectivity index (χ2v) is 9.27. The quantitative estimate of drug-likeness (QED) is 0.515. The minimum atomic E-state index is -0.00687. The Morgan fingerprint density at radius 3 is 2.48 bits per heavy atom. The monoisotopic (exact) mass is 433 g/mol. The number of aromatic nitrogens is 3. The van der Waals surface area contributed by atoms with Crippen LogP contribution in [0.3, 0.4) is 0 Å². The van der Waals surface area contributed by atoms with Gasteiger partial charge in [-0.1, -0.05) is 71.5 Å². The standard InChI is InChI=1S/C24H27N5OS/c1-17-7-6-10-20(15-17)21(22-23(30)29-24(31-22)25-18(2)26-29)28-13-11-27(12-14-28)16-19-8-4-3-5-9-19/h3-10,15,21,30H,11-14,16H2,1-2H3/t21-/m1/s1. The van der Waals surface area contributed by atoms with Crippen LogP contribution in [0.2, 0.25) is 0 Å². The molecular formula is C24H27N5OS. The number of rotatable bonds is 5. The van der Waals surface area contributed by atoms with E-state index in [2.05, 4.69) is 81.4 Å². The van der Waals surface area contributed by atoms with Crippen molar-refractivity contribution < 1.29 is 5.11 Å². The first kappa shape index (κ1) is 20.2. The minimum absolute atomic E-state index is 0.00687. The Morgan fingerprint density at radius 1 is 1.00 bits per heavy atom. The molecule has 5 rings (SSSR count). The summed E-state index contributed by atoms with van der Waals surface area (Å²) < 4.78 is 1.57. The van der Waals surface area contributed by atoms with Crippen molar-refractivity contribution in [3.05, 3.63) is 82.0 Å². The first-order valence-corrected chi connectivity index (χ1v) is 11.5. The normalized spacial score (nSPS) is 16.7. The van der Waals surface area contributed by atoms with Gasteiger partial charge in [0.2, 0.25) is 10.8 Å². The SMILES string of the molecule is Cc1cccc([C@H](c2sc3nc(C)nn3c2O)N2CCN(Cc3ccccc3)CC2)c1. The predicted octanol–water partition coefficient (Wildman–Crippen LogP) is 4.02. The number of benzene rings is 2. The van der Waals surface area contributed by atoms with Gasteiger partial charge in [-0.2, -0.15) is 4.52 Å². The molecule has 3 heterocycles. The molecule has 6 nitrogen and oxygen atoms in total. The Balaban J connectivity index is 1.43. The summed E-state index contributed by atoms with van der Waals surface area (Å²) in [7, 11) is 0. The van der Waals surface area contributed by atoms with Gasteiger partial charge in [-0.15, -0.1) is 5.10 Å². The highest BCUT2D eigenvalue weighted by atomic mass is 32.1. The van der Waals surface area contributed by atoms with Crippen molar-refractivity contribution in [2.75, 3.05) is 26.2 Å². The average Bonchev–Trinajstić information content (AvgIpc) is 3.27. The second kappa shape index (κ2) is 8.42. The van der Waals surface area contributed by atoms with E-state index in [0.29, 0.717) is 5.82 Å². The third-order valence-corrected chi connectivity index (χ3v) is 7.01. The van der Waals surface area contributed by atoms with Crippen molar-refractivity contribution >= 4 is 16.3 Å². The molecule has 1 saturated heterocycles. The van der Waals surface area contributed by atoms with Crippen LogP contribution < -0.4 is 0 Å². The van der Waals surface area contributed by atoms with Crippen LogP contribution in [-0.4, -0.2) is 55.7 Å². The van der Waals surface area contributed by atoms with Gasteiger partial charge >= 0.3 is 0 Å². The van der Waals surface area contributed by atoms with Gasteiger partial charge in [-0.3, -0.25) is 9.80 Å². The van der Waals surface area contributed by atoms with E-state index in [1.165, 1.54) is 28.0 Å². The number of aryl methyl sites for hydroxylation is 2. The van der Waals surface area contributed by atoms with Gasteiger partial charge in [-0.25, -0.2) is 4.98 Å². The lowest BCUT2D eigenvalue weighted by Gasteiger charge is -2.39. The van der Waals surface area contributed by atoms with Crippen LogP contribution in [0, 0.1) is 13.8 Å². The maximum Gasteiger partial charge on any atom is 0.230 e. The summed E-state index contributed by atoms with van der Waals surface area (Å²) in [5, 5.41) is 15.4. The van der Waals surface area contributed by atoms with Crippen LogP contribution in [0.15, 0.2) is 54.6 Å². The van der Waals surface area contributed by atoms with Crippen molar-refractivity contribution in [3.8, 4) is 5.88 Å². The van der Waals surface area contributed by atoms with Crippen LogP contribution in [0.4, 0.5) is 0 Å². The van der Waals surface area contributed by atoms with Crippen LogP contribution in [0.25, 0.3) is 4.96 Å². The summed E-state index contributed by atoms with van der Waals surface area (Å²) in [5.74, 6) is 0.883. The fraction of sp³-hybridized carbons (Fsp3) is 0.333. The molecular weight excluding hydrogens is 406 g/mol. The highest BCUT2D eigenvalue weighted by Crippen LogP contribution is 2.40. The van der Waals surface area contributed by atoms with Crippen LogP contribution in [0.5, 0.6) is 5.88 Å². The molecule has 2 aromatic carbocycles. The summed E-state index contributed by atoms with van der Waals surface area (Å²) in [4.78, 5) is 11.1. The van der Waals surface area contributed by atoms with Crippen molar-refractivity contribution in [1.82, 2.24) is 24.4 Å². The van der Waals surface area contributed by atoms with E-state index in [1.54, 1.807) is 4.52 Å². The summed E-state index contributed by atoms with van der Waals surface area (Å²) in [5.41, 5.74) is 3.78. The summed E-state index contributed by atoms with van der Waals surface area (Å²) in [6.45, 7) is 8.82. The maximum atomic E-state index is 11.0. The smallest absolute Gasteiger partial charge is 0.230 e. The topological polar surface area (TPSA) is 56.9 Å². The molecule has 1 aliphatic rings. The third kappa shape index (κ3) is 4.08. The molecule has 1 aliphatic heterocycles. The van der Waals surface area contributed by atoms with E-state index in [1.807, 2.05) is 6.92 Å². The number of aromatic hydroxyl groups is 1. The average molecular weight is 434 g/mol. The molecule has 31 heavy (non-hydrogen) atoms. The molecule has 0 aliphatic carbocycles. The number of fused-ring (bicyclic) bond motifs is 1. The van der Waals surface area contributed by atoms with Crippen LogP contribution >= 0.6 is 11.3 Å². The second-order valence-electron chi connectivity index (χ2n) is 8.26. The summed E-state index contributed by atoms with van der Waals surface area (Å²) in [6.07, 6.45) is 0. The van der Waals surface area contributed by atoms with Crippen molar-refractivity contribution in [3.63, 3.8) is 0 Å². The maximum absolute atomic E-state index is 11.0. The Labute approximate surface area is 186 Å². The van der Waals surface area contributed by atoms with Crippen molar-refractivity contribution in [1.29, 1.82) is 0 Å². The Hall–Kier alpha value is -2.74. The van der Waals surface area contributed by atoms with Gasteiger partial charge in [0, 0.05) is 32.7 Å². The number of thiazole rings is 1. The Morgan fingerprint density at radius 2 is 1.77 bits per heavy atom. The molecule has 0 saturated carbocycles. The Bertz CT molecular complexity index is 1180. The molecule has 2 aromatic heterocycles. The molecule has 7 heteroatoms.